The van der Waals surface area contributed by atoms with E-state index in [1.165, 1.54) is 11.1 Å². The van der Waals surface area contributed by atoms with Gasteiger partial charge < -0.3 is 5.11 Å². The largest absolute Gasteiger partial charge is 0.392 e. The molecular formula is C25H22ClNOS. The van der Waals surface area contributed by atoms with Crippen LogP contribution in [0.15, 0.2) is 84.9 Å². The van der Waals surface area contributed by atoms with Crippen LogP contribution in [0.4, 0.5) is 0 Å². The Morgan fingerprint density at radius 1 is 0.862 bits per heavy atom. The molecular weight excluding hydrogens is 398 g/mol. The minimum Gasteiger partial charge on any atom is -0.392 e. The van der Waals surface area contributed by atoms with Crippen LogP contribution in [0.25, 0.3) is 11.3 Å². The summed E-state index contributed by atoms with van der Waals surface area (Å²) < 4.78 is 0.682. The van der Waals surface area contributed by atoms with Gasteiger partial charge in [0.2, 0.25) is 0 Å². The van der Waals surface area contributed by atoms with Crippen LogP contribution in [-0.2, 0) is 12.0 Å². The van der Waals surface area contributed by atoms with E-state index in [1.807, 2.05) is 36.4 Å². The van der Waals surface area contributed by atoms with Crippen LogP contribution in [0.3, 0.4) is 0 Å². The number of rotatable bonds is 6. The van der Waals surface area contributed by atoms with E-state index in [9.17, 15) is 5.11 Å². The number of aromatic nitrogens is 1. The molecule has 1 heterocycles. The maximum Gasteiger partial charge on any atom is 0.121 e. The highest BCUT2D eigenvalue weighted by molar-refractivity contribution is 7.16. The molecule has 0 amide bonds. The number of thiazole rings is 1. The first-order valence-electron chi connectivity index (χ1n) is 9.67. The molecule has 4 heteroatoms. The molecule has 0 bridgehead atoms. The maximum absolute atomic E-state index is 9.31. The van der Waals surface area contributed by atoms with Gasteiger partial charge in [0, 0.05) is 5.56 Å². The van der Waals surface area contributed by atoms with E-state index in [0.717, 1.165) is 28.2 Å². The third-order valence-corrected chi connectivity index (χ3v) is 6.84. The standard InChI is InChI=1S/C25H22ClNOS/c1-2-25(20-9-5-3-6-10-20,21-11-7-4-8-12-21)24-27-22(23(26)29-24)19-15-13-18(17-28)14-16-19/h3-16,28H,2,17H2,1H3. The van der Waals surface area contributed by atoms with E-state index >= 15 is 0 Å². The van der Waals surface area contributed by atoms with Crippen LogP contribution in [0.5, 0.6) is 0 Å². The molecule has 0 saturated carbocycles. The predicted molar refractivity (Wildman–Crippen MR) is 122 cm³/mol. The van der Waals surface area contributed by atoms with E-state index in [1.54, 1.807) is 11.3 Å². The number of halogens is 1. The third kappa shape index (κ3) is 3.62. The van der Waals surface area contributed by atoms with Gasteiger partial charge in [-0.25, -0.2) is 4.98 Å². The van der Waals surface area contributed by atoms with Gasteiger partial charge in [0.05, 0.1) is 12.0 Å². The first kappa shape index (κ1) is 19.8. The third-order valence-electron chi connectivity index (χ3n) is 5.42. The summed E-state index contributed by atoms with van der Waals surface area (Å²) in [5.41, 5.74) is 4.68. The molecule has 0 unspecified atom stereocenters. The number of aliphatic hydroxyl groups is 1. The van der Waals surface area contributed by atoms with Crippen molar-refractivity contribution >= 4 is 22.9 Å². The van der Waals surface area contributed by atoms with Gasteiger partial charge in [-0.05, 0) is 23.1 Å². The molecule has 146 valence electrons. The van der Waals surface area contributed by atoms with Crippen LogP contribution in [0, 0.1) is 0 Å². The molecule has 0 aliphatic heterocycles. The highest BCUT2D eigenvalue weighted by atomic mass is 35.5. The summed E-state index contributed by atoms with van der Waals surface area (Å²) in [6, 6.07) is 28.8. The van der Waals surface area contributed by atoms with Gasteiger partial charge in [0.15, 0.2) is 0 Å². The second kappa shape index (κ2) is 8.50. The van der Waals surface area contributed by atoms with Crippen molar-refractivity contribution < 1.29 is 5.11 Å². The molecule has 1 N–H and O–H groups in total. The second-order valence-corrected chi connectivity index (χ2v) is 8.59. The first-order valence-corrected chi connectivity index (χ1v) is 10.9. The smallest absolute Gasteiger partial charge is 0.121 e. The fourth-order valence-corrected chi connectivity index (χ4v) is 5.34. The Balaban J connectivity index is 1.90. The molecule has 29 heavy (non-hydrogen) atoms. The van der Waals surface area contributed by atoms with E-state index in [-0.39, 0.29) is 12.0 Å². The molecule has 0 atom stereocenters. The van der Waals surface area contributed by atoms with E-state index in [0.29, 0.717) is 4.34 Å². The zero-order chi connectivity index (χ0) is 20.3. The SMILES string of the molecule is CCC(c1ccccc1)(c1ccccc1)c1nc(-c2ccc(CO)cc2)c(Cl)s1. The van der Waals surface area contributed by atoms with E-state index < -0.39 is 0 Å². The lowest BCUT2D eigenvalue weighted by Crippen LogP contribution is -2.28. The quantitative estimate of drug-likeness (QED) is 0.377. The van der Waals surface area contributed by atoms with Crippen molar-refractivity contribution in [1.29, 1.82) is 0 Å². The average Bonchev–Trinajstić information content (AvgIpc) is 3.18. The summed E-state index contributed by atoms with van der Waals surface area (Å²) in [4.78, 5) is 5.06. The number of hydrogen-bond acceptors (Lipinski definition) is 3. The Morgan fingerprint density at radius 2 is 1.41 bits per heavy atom. The Bertz CT molecular complexity index is 1040. The molecule has 0 radical (unpaired) electrons. The molecule has 4 aromatic rings. The number of hydrogen-bond donors (Lipinski definition) is 1. The highest BCUT2D eigenvalue weighted by Gasteiger charge is 2.38. The van der Waals surface area contributed by atoms with Crippen molar-refractivity contribution in [1.82, 2.24) is 4.98 Å². The lowest BCUT2D eigenvalue weighted by atomic mass is 9.73. The molecule has 2 nitrogen and oxygen atoms in total. The van der Waals surface area contributed by atoms with Crippen molar-refractivity contribution in [3.63, 3.8) is 0 Å². The molecule has 0 fully saturated rings. The minimum absolute atomic E-state index is 0.0251. The lowest BCUT2D eigenvalue weighted by molar-refractivity contribution is 0.282. The van der Waals surface area contributed by atoms with Crippen molar-refractivity contribution in [3.8, 4) is 11.3 Å². The van der Waals surface area contributed by atoms with Gasteiger partial charge in [-0.3, -0.25) is 0 Å². The maximum atomic E-state index is 9.31. The minimum atomic E-state index is -0.361. The molecule has 0 aliphatic carbocycles. The van der Waals surface area contributed by atoms with Gasteiger partial charge in [-0.1, -0.05) is 103 Å². The lowest BCUT2D eigenvalue weighted by Gasteiger charge is -2.32. The predicted octanol–water partition coefficient (Wildman–Crippen LogP) is 6.70. The fourth-order valence-electron chi connectivity index (χ4n) is 3.85. The van der Waals surface area contributed by atoms with Gasteiger partial charge in [-0.2, -0.15) is 0 Å². The number of aliphatic hydroxyl groups excluding tert-OH is 1. The molecule has 0 spiro atoms. The van der Waals surface area contributed by atoms with Crippen molar-refractivity contribution in [3.05, 3.63) is 111 Å². The summed E-state index contributed by atoms with van der Waals surface area (Å²) in [6.45, 7) is 2.22. The summed E-state index contributed by atoms with van der Waals surface area (Å²) in [5, 5.41) is 10.3. The topological polar surface area (TPSA) is 33.1 Å². The van der Waals surface area contributed by atoms with Crippen molar-refractivity contribution in [2.24, 2.45) is 0 Å². The fraction of sp³-hybridized carbons (Fsp3) is 0.160. The molecule has 3 aromatic carbocycles. The second-order valence-electron chi connectivity index (χ2n) is 6.99. The van der Waals surface area contributed by atoms with Gasteiger partial charge in [0.25, 0.3) is 0 Å². The Hall–Kier alpha value is -2.46. The molecule has 4 rings (SSSR count). The normalized spacial score (nSPS) is 11.6. The number of nitrogens with zero attached hydrogens (tertiary/aromatic N) is 1. The summed E-state index contributed by atoms with van der Waals surface area (Å²) in [7, 11) is 0. The highest BCUT2D eigenvalue weighted by Crippen LogP contribution is 2.46. The molecule has 0 aliphatic rings. The molecule has 1 aromatic heterocycles. The van der Waals surface area contributed by atoms with Crippen LogP contribution < -0.4 is 0 Å². The zero-order valence-corrected chi connectivity index (χ0v) is 17.8. The van der Waals surface area contributed by atoms with Gasteiger partial charge >= 0.3 is 0 Å². The van der Waals surface area contributed by atoms with Crippen LogP contribution in [-0.4, -0.2) is 10.1 Å². The van der Waals surface area contributed by atoms with Gasteiger partial charge in [0.1, 0.15) is 15.0 Å². The Kier molecular flexibility index (Phi) is 5.81. The van der Waals surface area contributed by atoms with Crippen LogP contribution in [0.2, 0.25) is 4.34 Å². The summed E-state index contributed by atoms with van der Waals surface area (Å²) in [6.07, 6.45) is 0.869. The zero-order valence-electron chi connectivity index (χ0n) is 16.2. The van der Waals surface area contributed by atoms with Crippen LogP contribution >= 0.6 is 22.9 Å². The summed E-state index contributed by atoms with van der Waals surface area (Å²) in [5.74, 6) is 0. The van der Waals surface area contributed by atoms with E-state index in [4.69, 9.17) is 16.6 Å². The molecule has 0 saturated heterocycles. The van der Waals surface area contributed by atoms with Crippen molar-refractivity contribution in [2.75, 3.05) is 0 Å². The van der Waals surface area contributed by atoms with E-state index in [2.05, 4.69) is 55.5 Å². The first-order chi connectivity index (χ1) is 14.2. The number of benzene rings is 3. The van der Waals surface area contributed by atoms with Crippen molar-refractivity contribution in [2.45, 2.75) is 25.4 Å². The Morgan fingerprint density at radius 3 is 1.90 bits per heavy atom. The average molecular weight is 420 g/mol. The Labute approximate surface area is 180 Å². The monoisotopic (exact) mass is 419 g/mol. The van der Waals surface area contributed by atoms with Gasteiger partial charge in [-0.15, -0.1) is 11.3 Å². The summed E-state index contributed by atoms with van der Waals surface area (Å²) >= 11 is 8.24. The van der Waals surface area contributed by atoms with Crippen LogP contribution in [0.1, 0.15) is 35.0 Å².